The highest BCUT2D eigenvalue weighted by Crippen LogP contribution is 2.37. The van der Waals surface area contributed by atoms with Crippen molar-refractivity contribution in [3.8, 4) is 0 Å². The van der Waals surface area contributed by atoms with Crippen LogP contribution < -0.4 is 9.62 Å². The van der Waals surface area contributed by atoms with Gasteiger partial charge in [-0.15, -0.1) is 0 Å². The number of anilines is 3. The summed E-state index contributed by atoms with van der Waals surface area (Å²) in [4.78, 5) is 6.82. The molecular weight excluding hydrogens is 370 g/mol. The first kappa shape index (κ1) is 18.5. The molecule has 0 bridgehead atoms. The molecule has 4 rings (SSSR count). The number of aryl methyl sites for hydroxylation is 1. The zero-order chi connectivity index (χ0) is 19.7. The van der Waals surface area contributed by atoms with Gasteiger partial charge in [-0.1, -0.05) is 37.3 Å². The Kier molecular flexibility index (Phi) is 4.81. The average Bonchev–Trinajstić information content (AvgIpc) is 3.04. The minimum Gasteiger partial charge on any atom is -0.337 e. The topological polar surface area (TPSA) is 62.3 Å². The molecule has 2 heterocycles. The maximum absolute atomic E-state index is 12.6. The lowest BCUT2D eigenvalue weighted by Gasteiger charge is -2.24. The lowest BCUT2D eigenvalue weighted by molar-refractivity contribution is 0.601. The molecule has 0 radical (unpaired) electrons. The van der Waals surface area contributed by atoms with E-state index in [-0.39, 0.29) is 4.90 Å². The van der Waals surface area contributed by atoms with Gasteiger partial charge < -0.3 is 4.90 Å². The molecule has 3 aromatic rings. The number of rotatable bonds is 5. The Hall–Kier alpha value is -2.86. The highest BCUT2D eigenvalue weighted by atomic mass is 32.2. The summed E-state index contributed by atoms with van der Waals surface area (Å²) in [6, 6.07) is 19.2. The van der Waals surface area contributed by atoms with Crippen LogP contribution in [0, 0.1) is 0 Å². The van der Waals surface area contributed by atoms with Gasteiger partial charge in [0.25, 0.3) is 10.0 Å². The fourth-order valence-corrected chi connectivity index (χ4v) is 4.66. The summed E-state index contributed by atoms with van der Waals surface area (Å²) in [5.41, 5.74) is 4.55. The van der Waals surface area contributed by atoms with E-state index in [0.29, 0.717) is 11.9 Å². The number of para-hydroxylation sites is 1. The van der Waals surface area contributed by atoms with Gasteiger partial charge in [0.15, 0.2) is 0 Å². The van der Waals surface area contributed by atoms with Gasteiger partial charge in [-0.05, 0) is 61.2 Å². The zero-order valence-electron chi connectivity index (χ0n) is 16.0. The van der Waals surface area contributed by atoms with Crippen molar-refractivity contribution < 1.29 is 8.42 Å². The van der Waals surface area contributed by atoms with Gasteiger partial charge in [0, 0.05) is 11.7 Å². The Morgan fingerprint density at radius 2 is 1.82 bits per heavy atom. The minimum absolute atomic E-state index is 0.234. The molecule has 0 spiro atoms. The van der Waals surface area contributed by atoms with E-state index in [4.69, 9.17) is 0 Å². The second-order valence-electron chi connectivity index (χ2n) is 7.06. The van der Waals surface area contributed by atoms with Crippen molar-refractivity contribution in [2.75, 3.05) is 9.62 Å². The van der Waals surface area contributed by atoms with E-state index in [9.17, 15) is 8.42 Å². The van der Waals surface area contributed by atoms with Crippen molar-refractivity contribution in [1.29, 1.82) is 0 Å². The molecule has 1 unspecified atom stereocenters. The van der Waals surface area contributed by atoms with Crippen LogP contribution in [0.4, 0.5) is 17.2 Å². The second kappa shape index (κ2) is 7.28. The number of hydrogen-bond acceptors (Lipinski definition) is 4. The first-order chi connectivity index (χ1) is 13.5. The Morgan fingerprint density at radius 3 is 2.50 bits per heavy atom. The Morgan fingerprint density at radius 1 is 1.07 bits per heavy atom. The van der Waals surface area contributed by atoms with Crippen molar-refractivity contribution in [1.82, 2.24) is 4.98 Å². The number of benzene rings is 2. The number of nitrogens with one attached hydrogen (secondary N) is 1. The fourth-order valence-electron chi connectivity index (χ4n) is 3.65. The van der Waals surface area contributed by atoms with Crippen molar-refractivity contribution in [2.24, 2.45) is 0 Å². The van der Waals surface area contributed by atoms with Gasteiger partial charge in [0.2, 0.25) is 0 Å². The van der Waals surface area contributed by atoms with Crippen molar-refractivity contribution in [3.63, 3.8) is 0 Å². The van der Waals surface area contributed by atoms with Crippen LogP contribution in [0.2, 0.25) is 0 Å². The maximum atomic E-state index is 12.6. The summed E-state index contributed by atoms with van der Waals surface area (Å²) < 4.78 is 27.8. The third kappa shape index (κ3) is 3.47. The van der Waals surface area contributed by atoms with E-state index < -0.39 is 10.0 Å². The lowest BCUT2D eigenvalue weighted by Crippen LogP contribution is -2.24. The molecular formula is C22H23N3O2S. The Bertz CT molecular complexity index is 1080. The molecule has 0 fully saturated rings. The molecule has 1 N–H and O–H groups in total. The van der Waals surface area contributed by atoms with E-state index in [0.717, 1.165) is 24.1 Å². The molecule has 0 aliphatic carbocycles. The van der Waals surface area contributed by atoms with E-state index >= 15 is 0 Å². The summed E-state index contributed by atoms with van der Waals surface area (Å²) in [7, 11) is -3.66. The normalized spacial score (nSPS) is 16.1. The van der Waals surface area contributed by atoms with Crippen molar-refractivity contribution in [2.45, 2.75) is 37.6 Å². The van der Waals surface area contributed by atoms with E-state index in [2.05, 4.69) is 39.7 Å². The van der Waals surface area contributed by atoms with Crippen LogP contribution in [-0.4, -0.2) is 19.4 Å². The molecule has 1 aliphatic rings. The first-order valence-corrected chi connectivity index (χ1v) is 10.9. The van der Waals surface area contributed by atoms with Gasteiger partial charge in [0.1, 0.15) is 5.82 Å². The standard InChI is InChI=1S/C22H23N3O2S/c1-3-17-8-11-20(12-9-17)28(26,27)24-22-13-10-19(15-23-22)25-16(2)14-18-6-4-5-7-21(18)25/h4-13,15-16H,3,14H2,1-2H3,(H,23,24). The lowest BCUT2D eigenvalue weighted by atomic mass is 10.1. The number of hydrogen-bond donors (Lipinski definition) is 1. The number of fused-ring (bicyclic) bond motifs is 1. The molecule has 5 nitrogen and oxygen atoms in total. The van der Waals surface area contributed by atoms with Crippen LogP contribution in [0.1, 0.15) is 25.0 Å². The quantitative estimate of drug-likeness (QED) is 0.692. The third-order valence-corrected chi connectivity index (χ3v) is 6.48. The maximum Gasteiger partial charge on any atom is 0.263 e. The fraction of sp³-hybridized carbons (Fsp3) is 0.227. The number of sulfonamides is 1. The van der Waals surface area contributed by atoms with Crippen LogP contribution in [0.3, 0.4) is 0 Å². The van der Waals surface area contributed by atoms with Gasteiger partial charge in [0.05, 0.1) is 16.8 Å². The molecule has 2 aromatic carbocycles. The summed E-state index contributed by atoms with van der Waals surface area (Å²) in [6.45, 7) is 4.21. The van der Waals surface area contributed by atoms with Gasteiger partial charge in [-0.2, -0.15) is 0 Å². The number of aromatic nitrogens is 1. The second-order valence-corrected chi connectivity index (χ2v) is 8.74. The number of nitrogens with zero attached hydrogens (tertiary/aromatic N) is 2. The van der Waals surface area contributed by atoms with Crippen LogP contribution in [-0.2, 0) is 22.9 Å². The molecule has 6 heteroatoms. The highest BCUT2D eigenvalue weighted by Gasteiger charge is 2.27. The molecule has 0 saturated heterocycles. The third-order valence-electron chi connectivity index (χ3n) is 5.11. The molecule has 1 aromatic heterocycles. The predicted molar refractivity (Wildman–Crippen MR) is 113 cm³/mol. The van der Waals surface area contributed by atoms with Crippen LogP contribution >= 0.6 is 0 Å². The smallest absolute Gasteiger partial charge is 0.263 e. The largest absolute Gasteiger partial charge is 0.337 e. The summed E-state index contributed by atoms with van der Waals surface area (Å²) >= 11 is 0. The molecule has 144 valence electrons. The van der Waals surface area contributed by atoms with Crippen molar-refractivity contribution >= 4 is 27.2 Å². The zero-order valence-corrected chi connectivity index (χ0v) is 16.8. The number of pyridine rings is 1. The molecule has 0 amide bonds. The van der Waals surface area contributed by atoms with Gasteiger partial charge >= 0.3 is 0 Å². The van der Waals surface area contributed by atoms with E-state index in [1.807, 2.05) is 31.2 Å². The van der Waals surface area contributed by atoms with Crippen LogP contribution in [0.25, 0.3) is 0 Å². The van der Waals surface area contributed by atoms with Crippen LogP contribution in [0.15, 0.2) is 71.8 Å². The Labute approximate surface area is 166 Å². The minimum atomic E-state index is -3.66. The van der Waals surface area contributed by atoms with E-state index in [1.165, 1.54) is 11.3 Å². The summed E-state index contributed by atoms with van der Waals surface area (Å²) in [6.07, 6.45) is 3.57. The van der Waals surface area contributed by atoms with Crippen LogP contribution in [0.5, 0.6) is 0 Å². The van der Waals surface area contributed by atoms with Crippen molar-refractivity contribution in [3.05, 3.63) is 78.0 Å². The summed E-state index contributed by atoms with van der Waals surface area (Å²) in [5, 5.41) is 0. The molecule has 28 heavy (non-hydrogen) atoms. The average molecular weight is 394 g/mol. The summed E-state index contributed by atoms with van der Waals surface area (Å²) in [5.74, 6) is 0.309. The van der Waals surface area contributed by atoms with E-state index in [1.54, 1.807) is 24.4 Å². The first-order valence-electron chi connectivity index (χ1n) is 9.43. The molecule has 1 aliphatic heterocycles. The van der Waals surface area contributed by atoms with Gasteiger partial charge in [-0.25, -0.2) is 13.4 Å². The van der Waals surface area contributed by atoms with Gasteiger partial charge in [-0.3, -0.25) is 4.72 Å². The predicted octanol–water partition coefficient (Wildman–Crippen LogP) is 4.53. The molecule has 1 atom stereocenters. The Balaban J connectivity index is 1.55. The highest BCUT2D eigenvalue weighted by molar-refractivity contribution is 7.92. The monoisotopic (exact) mass is 393 g/mol. The SMILES string of the molecule is CCc1ccc(S(=O)(=O)Nc2ccc(N3c4ccccc4CC3C)cn2)cc1. The molecule has 0 saturated carbocycles.